The summed E-state index contributed by atoms with van der Waals surface area (Å²) in [6.45, 7) is 1.74. The maximum atomic E-state index is 13.6. The first-order valence-corrected chi connectivity index (χ1v) is 9.35. The van der Waals surface area contributed by atoms with E-state index in [0.29, 0.717) is 22.8 Å². The van der Waals surface area contributed by atoms with Crippen LogP contribution in [0.3, 0.4) is 0 Å². The first-order valence-electron chi connectivity index (χ1n) is 9.35. The Hall–Kier alpha value is -3.74. The van der Waals surface area contributed by atoms with Crippen molar-refractivity contribution < 1.29 is 18.6 Å². The molecular weight excluding hydrogens is 385 g/mol. The van der Waals surface area contributed by atoms with Crippen LogP contribution in [0.25, 0.3) is 22.3 Å². The third-order valence-corrected chi connectivity index (χ3v) is 4.94. The van der Waals surface area contributed by atoms with Crippen molar-refractivity contribution in [3.63, 3.8) is 0 Å². The van der Waals surface area contributed by atoms with Gasteiger partial charge in [-0.25, -0.2) is 9.37 Å². The standard InChI is InChI=1S/C23H22FN3O3/c1-13-9-15(5-6-17(13)24)26-18-7-8-25-23-16(18)12-19(27-23)14-10-20(28-2)22(30-4)21(11-14)29-3/h5-12H,1-4H3,(H2,25,26,27). The molecule has 0 aliphatic rings. The van der Waals surface area contributed by atoms with E-state index < -0.39 is 0 Å². The molecule has 0 aliphatic carbocycles. The predicted molar refractivity (Wildman–Crippen MR) is 116 cm³/mol. The monoisotopic (exact) mass is 407 g/mol. The van der Waals surface area contributed by atoms with Crippen molar-refractivity contribution in [1.82, 2.24) is 9.97 Å². The van der Waals surface area contributed by atoms with E-state index in [0.717, 1.165) is 33.7 Å². The van der Waals surface area contributed by atoms with Gasteiger partial charge < -0.3 is 24.5 Å². The zero-order chi connectivity index (χ0) is 21.3. The number of fused-ring (bicyclic) bond motifs is 1. The van der Waals surface area contributed by atoms with Crippen molar-refractivity contribution in [3.05, 3.63) is 60.0 Å². The van der Waals surface area contributed by atoms with Gasteiger partial charge >= 0.3 is 0 Å². The Balaban J connectivity index is 1.77. The molecule has 2 N–H and O–H groups in total. The van der Waals surface area contributed by atoms with Crippen molar-refractivity contribution in [1.29, 1.82) is 0 Å². The van der Waals surface area contributed by atoms with Gasteiger partial charge in [-0.1, -0.05) is 0 Å². The molecule has 0 fully saturated rings. The van der Waals surface area contributed by atoms with Gasteiger partial charge in [-0.2, -0.15) is 0 Å². The Morgan fingerprint density at radius 2 is 1.67 bits per heavy atom. The summed E-state index contributed by atoms with van der Waals surface area (Å²) in [6, 6.07) is 12.6. The second-order valence-corrected chi connectivity index (χ2v) is 6.81. The molecule has 0 unspecified atom stereocenters. The minimum absolute atomic E-state index is 0.230. The van der Waals surface area contributed by atoms with Crippen LogP contribution in [-0.2, 0) is 0 Å². The fraction of sp³-hybridized carbons (Fsp3) is 0.174. The largest absolute Gasteiger partial charge is 0.493 e. The van der Waals surface area contributed by atoms with E-state index in [-0.39, 0.29) is 5.82 Å². The Morgan fingerprint density at radius 1 is 0.933 bits per heavy atom. The topological polar surface area (TPSA) is 68.4 Å². The number of pyridine rings is 1. The summed E-state index contributed by atoms with van der Waals surface area (Å²) in [7, 11) is 4.74. The number of rotatable bonds is 6. The van der Waals surface area contributed by atoms with Crippen LogP contribution in [0.5, 0.6) is 17.2 Å². The van der Waals surface area contributed by atoms with Crippen molar-refractivity contribution >= 4 is 22.4 Å². The van der Waals surface area contributed by atoms with E-state index in [4.69, 9.17) is 14.2 Å². The second-order valence-electron chi connectivity index (χ2n) is 6.81. The number of hydrogen-bond donors (Lipinski definition) is 2. The van der Waals surface area contributed by atoms with Gasteiger partial charge in [-0.3, -0.25) is 0 Å². The molecule has 2 aromatic carbocycles. The van der Waals surface area contributed by atoms with Crippen LogP contribution in [-0.4, -0.2) is 31.3 Å². The number of methoxy groups -OCH3 is 3. The van der Waals surface area contributed by atoms with Crippen LogP contribution in [0.15, 0.2) is 48.7 Å². The lowest BCUT2D eigenvalue weighted by atomic mass is 10.1. The first kappa shape index (κ1) is 19.6. The SMILES string of the molecule is COc1cc(-c2cc3c(Nc4ccc(F)c(C)c4)ccnc3[nH]2)cc(OC)c1OC. The van der Waals surface area contributed by atoms with Gasteiger partial charge in [0, 0.05) is 28.5 Å². The summed E-state index contributed by atoms with van der Waals surface area (Å²) < 4.78 is 29.9. The number of aromatic amines is 1. The number of nitrogens with zero attached hydrogens (tertiary/aromatic N) is 1. The molecule has 2 heterocycles. The van der Waals surface area contributed by atoms with Crippen LogP contribution >= 0.6 is 0 Å². The number of ether oxygens (including phenoxy) is 3. The quantitative estimate of drug-likeness (QED) is 0.445. The molecule has 6 nitrogen and oxygen atoms in total. The molecule has 4 rings (SSSR count). The third-order valence-electron chi connectivity index (χ3n) is 4.94. The van der Waals surface area contributed by atoms with Crippen LogP contribution in [0.1, 0.15) is 5.56 Å². The molecular formula is C23H22FN3O3. The molecule has 4 aromatic rings. The predicted octanol–water partition coefficient (Wildman–Crippen LogP) is 5.45. The molecule has 7 heteroatoms. The fourth-order valence-electron chi connectivity index (χ4n) is 3.41. The fourth-order valence-corrected chi connectivity index (χ4v) is 3.41. The van der Waals surface area contributed by atoms with E-state index in [1.165, 1.54) is 6.07 Å². The Bertz CT molecular complexity index is 1190. The summed E-state index contributed by atoms with van der Waals surface area (Å²) in [6.07, 6.45) is 1.72. The van der Waals surface area contributed by atoms with Crippen LogP contribution in [0.2, 0.25) is 0 Å². The molecule has 0 bridgehead atoms. The minimum atomic E-state index is -0.230. The average molecular weight is 407 g/mol. The van der Waals surface area contributed by atoms with E-state index in [1.807, 2.05) is 24.3 Å². The molecule has 0 radical (unpaired) electrons. The maximum Gasteiger partial charge on any atom is 0.203 e. The molecule has 30 heavy (non-hydrogen) atoms. The molecule has 154 valence electrons. The number of anilines is 2. The number of nitrogens with one attached hydrogen (secondary N) is 2. The second kappa shape index (κ2) is 7.94. The van der Waals surface area contributed by atoms with Gasteiger partial charge in [-0.05, 0) is 55.0 Å². The summed E-state index contributed by atoms with van der Waals surface area (Å²) in [5.41, 5.74) is 4.69. The maximum absolute atomic E-state index is 13.6. The summed E-state index contributed by atoms with van der Waals surface area (Å²) >= 11 is 0. The number of aryl methyl sites for hydroxylation is 1. The zero-order valence-electron chi connectivity index (χ0n) is 17.2. The normalized spacial score (nSPS) is 10.8. The van der Waals surface area contributed by atoms with Crippen LogP contribution in [0, 0.1) is 12.7 Å². The molecule has 0 atom stereocenters. The van der Waals surface area contributed by atoms with Gasteiger partial charge in [-0.15, -0.1) is 0 Å². The number of hydrogen-bond acceptors (Lipinski definition) is 5. The Labute approximate surface area is 173 Å². The molecule has 0 spiro atoms. The highest BCUT2D eigenvalue weighted by atomic mass is 19.1. The number of benzene rings is 2. The lowest BCUT2D eigenvalue weighted by molar-refractivity contribution is 0.324. The van der Waals surface area contributed by atoms with Crippen LogP contribution in [0.4, 0.5) is 15.8 Å². The van der Waals surface area contributed by atoms with Crippen molar-refractivity contribution in [3.8, 4) is 28.5 Å². The van der Waals surface area contributed by atoms with E-state index >= 15 is 0 Å². The van der Waals surface area contributed by atoms with Gasteiger partial charge in [0.05, 0.1) is 27.0 Å². The molecule has 0 amide bonds. The molecule has 0 saturated carbocycles. The van der Waals surface area contributed by atoms with E-state index in [9.17, 15) is 4.39 Å². The highest BCUT2D eigenvalue weighted by Crippen LogP contribution is 2.41. The number of halogens is 1. The Morgan fingerprint density at radius 3 is 2.30 bits per heavy atom. The lowest BCUT2D eigenvalue weighted by Crippen LogP contribution is -1.95. The van der Waals surface area contributed by atoms with Gasteiger partial charge in [0.25, 0.3) is 0 Å². The van der Waals surface area contributed by atoms with Gasteiger partial charge in [0.2, 0.25) is 5.75 Å². The first-order chi connectivity index (χ1) is 14.5. The summed E-state index contributed by atoms with van der Waals surface area (Å²) in [5.74, 6) is 1.44. The molecule has 0 aliphatic heterocycles. The average Bonchev–Trinajstić information content (AvgIpc) is 3.20. The van der Waals surface area contributed by atoms with Gasteiger partial charge in [0.15, 0.2) is 11.5 Å². The van der Waals surface area contributed by atoms with E-state index in [1.54, 1.807) is 46.6 Å². The van der Waals surface area contributed by atoms with Crippen LogP contribution < -0.4 is 19.5 Å². The van der Waals surface area contributed by atoms with Crippen molar-refractivity contribution in [2.75, 3.05) is 26.6 Å². The van der Waals surface area contributed by atoms with Gasteiger partial charge in [0.1, 0.15) is 11.5 Å². The zero-order valence-corrected chi connectivity index (χ0v) is 17.2. The smallest absolute Gasteiger partial charge is 0.203 e. The highest BCUT2D eigenvalue weighted by molar-refractivity contribution is 5.95. The van der Waals surface area contributed by atoms with E-state index in [2.05, 4.69) is 15.3 Å². The highest BCUT2D eigenvalue weighted by Gasteiger charge is 2.16. The summed E-state index contributed by atoms with van der Waals surface area (Å²) in [5, 5.41) is 4.25. The minimum Gasteiger partial charge on any atom is -0.493 e. The Kier molecular flexibility index (Phi) is 5.18. The molecule has 2 aromatic heterocycles. The summed E-state index contributed by atoms with van der Waals surface area (Å²) in [4.78, 5) is 7.77. The third kappa shape index (κ3) is 3.50. The van der Waals surface area contributed by atoms with Crippen molar-refractivity contribution in [2.45, 2.75) is 6.92 Å². The number of H-pyrrole nitrogens is 1. The number of aromatic nitrogens is 2. The van der Waals surface area contributed by atoms with Crippen molar-refractivity contribution in [2.24, 2.45) is 0 Å². The lowest BCUT2D eigenvalue weighted by Gasteiger charge is -2.13. The molecule has 0 saturated heterocycles.